The van der Waals surface area contributed by atoms with Crippen molar-refractivity contribution in [3.8, 4) is 0 Å². The van der Waals surface area contributed by atoms with Gasteiger partial charge in [-0.15, -0.1) is 0 Å². The van der Waals surface area contributed by atoms with Crippen molar-refractivity contribution >= 4 is 29.4 Å². The zero-order valence-corrected chi connectivity index (χ0v) is 15.7. The summed E-state index contributed by atoms with van der Waals surface area (Å²) in [6.45, 7) is 1.79. The highest BCUT2D eigenvalue weighted by Crippen LogP contribution is 2.21. The second kappa shape index (κ2) is 8.04. The first kappa shape index (κ1) is 19.3. The molecule has 3 amide bonds. The summed E-state index contributed by atoms with van der Waals surface area (Å²) in [5, 5.41) is 2.72. The summed E-state index contributed by atoms with van der Waals surface area (Å²) < 4.78 is 4.68. The van der Waals surface area contributed by atoms with Crippen LogP contribution in [0.2, 0.25) is 0 Å². The molecular formula is C21H20N2O5. The molecule has 0 fully saturated rings. The minimum Gasteiger partial charge on any atom is -0.465 e. The molecule has 0 saturated heterocycles. The monoisotopic (exact) mass is 380 g/mol. The predicted octanol–water partition coefficient (Wildman–Crippen LogP) is 2.34. The van der Waals surface area contributed by atoms with E-state index in [0.29, 0.717) is 22.4 Å². The molecule has 0 unspecified atom stereocenters. The summed E-state index contributed by atoms with van der Waals surface area (Å²) >= 11 is 0. The van der Waals surface area contributed by atoms with Crippen molar-refractivity contribution in [1.82, 2.24) is 4.90 Å². The van der Waals surface area contributed by atoms with Crippen molar-refractivity contribution in [2.24, 2.45) is 0 Å². The Morgan fingerprint density at radius 1 is 1.14 bits per heavy atom. The smallest absolute Gasteiger partial charge is 0.337 e. The van der Waals surface area contributed by atoms with E-state index in [-0.39, 0.29) is 37.1 Å². The highest BCUT2D eigenvalue weighted by atomic mass is 16.5. The van der Waals surface area contributed by atoms with Crippen LogP contribution in [-0.2, 0) is 20.7 Å². The summed E-state index contributed by atoms with van der Waals surface area (Å²) in [5.41, 5.74) is 2.77. The third-order valence-electron chi connectivity index (χ3n) is 4.63. The quantitative estimate of drug-likeness (QED) is 0.635. The van der Waals surface area contributed by atoms with E-state index in [1.807, 2.05) is 0 Å². The number of rotatable bonds is 5. The molecule has 7 heteroatoms. The van der Waals surface area contributed by atoms with Gasteiger partial charge in [-0.1, -0.05) is 24.3 Å². The van der Waals surface area contributed by atoms with Crippen molar-refractivity contribution in [2.45, 2.75) is 19.8 Å². The highest BCUT2D eigenvalue weighted by molar-refractivity contribution is 6.10. The standard InChI is InChI=1S/C21H20N2O5/c1-13-7-8-15(21(27)28-2)11-17(13)22-18(24)9-10-23-19(25)12-14-5-3-4-6-16(14)20(23)26/h3-8,11H,9-10,12H2,1-2H3,(H,22,24). The molecule has 1 heterocycles. The third-order valence-corrected chi connectivity index (χ3v) is 4.63. The van der Waals surface area contributed by atoms with Gasteiger partial charge in [0.15, 0.2) is 0 Å². The second-order valence-corrected chi connectivity index (χ2v) is 6.50. The van der Waals surface area contributed by atoms with Crippen LogP contribution in [0.5, 0.6) is 0 Å². The summed E-state index contributed by atoms with van der Waals surface area (Å²) in [6.07, 6.45) is 0.103. The molecule has 1 N–H and O–H groups in total. The van der Waals surface area contributed by atoms with Gasteiger partial charge in [0.2, 0.25) is 11.8 Å². The van der Waals surface area contributed by atoms with Gasteiger partial charge in [0.05, 0.1) is 19.1 Å². The van der Waals surface area contributed by atoms with Gasteiger partial charge in [0.1, 0.15) is 0 Å². The van der Waals surface area contributed by atoms with E-state index in [9.17, 15) is 19.2 Å². The Morgan fingerprint density at radius 2 is 1.89 bits per heavy atom. The molecule has 1 aliphatic heterocycles. The fourth-order valence-corrected chi connectivity index (χ4v) is 3.05. The van der Waals surface area contributed by atoms with E-state index in [1.165, 1.54) is 13.2 Å². The number of anilines is 1. The zero-order chi connectivity index (χ0) is 20.3. The van der Waals surface area contributed by atoms with Gasteiger partial charge in [-0.05, 0) is 36.2 Å². The lowest BCUT2D eigenvalue weighted by molar-refractivity contribution is -0.128. The summed E-state index contributed by atoms with van der Waals surface area (Å²) in [7, 11) is 1.28. The molecule has 0 radical (unpaired) electrons. The van der Waals surface area contributed by atoms with E-state index >= 15 is 0 Å². The Morgan fingerprint density at radius 3 is 2.64 bits per heavy atom. The minimum absolute atomic E-state index is 0.00637. The lowest BCUT2D eigenvalue weighted by atomic mass is 9.98. The maximum atomic E-state index is 12.5. The Kier molecular flexibility index (Phi) is 5.54. The minimum atomic E-state index is -0.501. The van der Waals surface area contributed by atoms with Crippen LogP contribution in [-0.4, -0.2) is 42.2 Å². The number of carbonyl (C=O) groups excluding carboxylic acids is 4. The van der Waals surface area contributed by atoms with Gasteiger partial charge < -0.3 is 10.1 Å². The van der Waals surface area contributed by atoms with Gasteiger partial charge in [0, 0.05) is 24.2 Å². The lowest BCUT2D eigenvalue weighted by Crippen LogP contribution is -2.43. The lowest BCUT2D eigenvalue weighted by Gasteiger charge is -2.26. The molecule has 0 spiro atoms. The number of nitrogens with zero attached hydrogens (tertiary/aromatic N) is 1. The molecule has 0 saturated carbocycles. The summed E-state index contributed by atoms with van der Waals surface area (Å²) in [6, 6.07) is 11.8. The summed E-state index contributed by atoms with van der Waals surface area (Å²) in [5.74, 6) is -1.56. The van der Waals surface area contributed by atoms with Crippen molar-refractivity contribution in [1.29, 1.82) is 0 Å². The molecule has 3 rings (SSSR count). The maximum Gasteiger partial charge on any atom is 0.337 e. The Hall–Kier alpha value is -3.48. The average Bonchev–Trinajstić information content (AvgIpc) is 2.69. The molecule has 2 aromatic carbocycles. The first-order valence-electron chi connectivity index (χ1n) is 8.82. The third kappa shape index (κ3) is 3.93. The van der Waals surface area contributed by atoms with Crippen LogP contribution in [0.25, 0.3) is 0 Å². The molecular weight excluding hydrogens is 360 g/mol. The molecule has 2 aromatic rings. The molecule has 28 heavy (non-hydrogen) atoms. The van der Waals surface area contributed by atoms with E-state index in [1.54, 1.807) is 43.3 Å². The van der Waals surface area contributed by atoms with E-state index in [0.717, 1.165) is 10.5 Å². The second-order valence-electron chi connectivity index (χ2n) is 6.50. The van der Waals surface area contributed by atoms with Crippen LogP contribution in [0.4, 0.5) is 5.69 Å². The number of hydrogen-bond acceptors (Lipinski definition) is 5. The van der Waals surface area contributed by atoms with E-state index in [2.05, 4.69) is 10.1 Å². The van der Waals surface area contributed by atoms with Crippen molar-refractivity contribution < 1.29 is 23.9 Å². The Balaban J connectivity index is 1.66. The van der Waals surface area contributed by atoms with Gasteiger partial charge in [-0.3, -0.25) is 19.3 Å². The number of fused-ring (bicyclic) bond motifs is 1. The van der Waals surface area contributed by atoms with Crippen LogP contribution in [0.15, 0.2) is 42.5 Å². The molecule has 144 valence electrons. The molecule has 0 atom stereocenters. The molecule has 0 aromatic heterocycles. The van der Waals surface area contributed by atoms with Crippen molar-refractivity contribution in [3.63, 3.8) is 0 Å². The van der Waals surface area contributed by atoms with E-state index < -0.39 is 5.97 Å². The number of imide groups is 1. The number of carbonyl (C=O) groups is 4. The van der Waals surface area contributed by atoms with Crippen LogP contribution >= 0.6 is 0 Å². The average molecular weight is 380 g/mol. The predicted molar refractivity (Wildman–Crippen MR) is 102 cm³/mol. The number of ether oxygens (including phenoxy) is 1. The normalized spacial score (nSPS) is 13.1. The Labute approximate surface area is 162 Å². The number of aryl methyl sites for hydroxylation is 1. The number of esters is 1. The molecule has 1 aliphatic rings. The number of benzene rings is 2. The molecule has 7 nitrogen and oxygen atoms in total. The highest BCUT2D eigenvalue weighted by Gasteiger charge is 2.30. The van der Waals surface area contributed by atoms with Gasteiger partial charge in [-0.2, -0.15) is 0 Å². The van der Waals surface area contributed by atoms with Gasteiger partial charge in [-0.25, -0.2) is 4.79 Å². The van der Waals surface area contributed by atoms with Crippen molar-refractivity contribution in [3.05, 3.63) is 64.7 Å². The largest absolute Gasteiger partial charge is 0.465 e. The number of hydrogen-bond donors (Lipinski definition) is 1. The Bertz CT molecular complexity index is 967. The van der Waals surface area contributed by atoms with Gasteiger partial charge >= 0.3 is 5.97 Å². The number of amides is 3. The van der Waals surface area contributed by atoms with Crippen LogP contribution in [0.1, 0.15) is 38.3 Å². The SMILES string of the molecule is COC(=O)c1ccc(C)c(NC(=O)CCN2C(=O)Cc3ccccc3C2=O)c1. The van der Waals surface area contributed by atoms with Crippen LogP contribution < -0.4 is 5.32 Å². The fraction of sp³-hybridized carbons (Fsp3) is 0.238. The maximum absolute atomic E-state index is 12.5. The van der Waals surface area contributed by atoms with Crippen LogP contribution in [0.3, 0.4) is 0 Å². The topological polar surface area (TPSA) is 92.8 Å². The first-order chi connectivity index (χ1) is 13.4. The van der Waals surface area contributed by atoms with Crippen molar-refractivity contribution in [2.75, 3.05) is 19.0 Å². The fourth-order valence-electron chi connectivity index (χ4n) is 3.05. The number of nitrogens with one attached hydrogen (secondary N) is 1. The molecule has 0 aliphatic carbocycles. The number of methoxy groups -OCH3 is 1. The zero-order valence-electron chi connectivity index (χ0n) is 15.7. The summed E-state index contributed by atoms with van der Waals surface area (Å²) in [4.78, 5) is 49.9. The van der Waals surface area contributed by atoms with E-state index in [4.69, 9.17) is 0 Å². The molecule has 0 bridgehead atoms. The van der Waals surface area contributed by atoms with Gasteiger partial charge in [0.25, 0.3) is 5.91 Å². The van der Waals surface area contributed by atoms with Crippen LogP contribution in [0, 0.1) is 6.92 Å². The first-order valence-corrected chi connectivity index (χ1v) is 8.82.